The van der Waals surface area contributed by atoms with Gasteiger partial charge < -0.3 is 15.4 Å². The largest absolute Gasteiger partial charge is 0.497 e. The number of aryl methyl sites for hydroxylation is 1. The van der Waals surface area contributed by atoms with Crippen molar-refractivity contribution in [1.29, 1.82) is 0 Å². The summed E-state index contributed by atoms with van der Waals surface area (Å²) in [4.78, 5) is 29.0. The second kappa shape index (κ2) is 9.69. The van der Waals surface area contributed by atoms with Crippen LogP contribution in [0.4, 0.5) is 0 Å². The third-order valence-electron chi connectivity index (χ3n) is 4.60. The van der Waals surface area contributed by atoms with Crippen LogP contribution in [0.1, 0.15) is 48.2 Å². The van der Waals surface area contributed by atoms with Crippen LogP contribution in [-0.2, 0) is 9.59 Å². The number of aromatic nitrogens is 3. The zero-order valence-electron chi connectivity index (χ0n) is 17.2. The van der Waals surface area contributed by atoms with Gasteiger partial charge in [-0.3, -0.25) is 14.7 Å². The molecule has 8 nitrogen and oxygen atoms in total. The number of H-pyrrole nitrogens is 1. The van der Waals surface area contributed by atoms with Crippen molar-refractivity contribution in [2.75, 3.05) is 7.11 Å². The van der Waals surface area contributed by atoms with Crippen LogP contribution in [0.5, 0.6) is 5.75 Å². The van der Waals surface area contributed by atoms with Gasteiger partial charge in [0.25, 0.3) is 0 Å². The minimum atomic E-state index is -0.502. The van der Waals surface area contributed by atoms with Crippen molar-refractivity contribution in [2.45, 2.75) is 32.4 Å². The predicted molar refractivity (Wildman–Crippen MR) is 112 cm³/mol. The standard InChI is InChI=1S/C22H25N5O3/c1-14-23-22(27-26-14)21(17-7-5-4-6-8-17)25-20(29)13-19(24-15(2)28)16-9-11-18(30-3)12-10-16/h4-12,19,21H,13H2,1-3H3,(H,24,28)(H,25,29)(H,23,26,27). The molecule has 30 heavy (non-hydrogen) atoms. The van der Waals surface area contributed by atoms with Crippen molar-refractivity contribution < 1.29 is 14.3 Å². The number of methoxy groups -OCH3 is 1. The van der Waals surface area contributed by atoms with Crippen LogP contribution in [0.2, 0.25) is 0 Å². The van der Waals surface area contributed by atoms with Gasteiger partial charge in [-0.05, 0) is 30.2 Å². The Morgan fingerprint density at radius 1 is 1.03 bits per heavy atom. The number of aromatic amines is 1. The summed E-state index contributed by atoms with van der Waals surface area (Å²) in [5.41, 5.74) is 1.68. The van der Waals surface area contributed by atoms with E-state index >= 15 is 0 Å². The fourth-order valence-corrected chi connectivity index (χ4v) is 3.17. The van der Waals surface area contributed by atoms with Gasteiger partial charge in [-0.1, -0.05) is 42.5 Å². The SMILES string of the molecule is COc1ccc(C(CC(=O)NC(c2ccccc2)c2n[nH]c(C)n2)NC(C)=O)cc1. The summed E-state index contributed by atoms with van der Waals surface area (Å²) in [5.74, 6) is 1.39. The highest BCUT2D eigenvalue weighted by molar-refractivity contribution is 5.79. The van der Waals surface area contributed by atoms with Gasteiger partial charge in [-0.25, -0.2) is 4.98 Å². The summed E-state index contributed by atoms with van der Waals surface area (Å²) in [6, 6.07) is 15.8. The van der Waals surface area contributed by atoms with E-state index < -0.39 is 12.1 Å². The number of carbonyl (C=O) groups is 2. The summed E-state index contributed by atoms with van der Waals surface area (Å²) in [7, 11) is 1.59. The van der Waals surface area contributed by atoms with Crippen LogP contribution in [0.3, 0.4) is 0 Å². The highest BCUT2D eigenvalue weighted by Gasteiger charge is 2.24. The lowest BCUT2D eigenvalue weighted by atomic mass is 10.0. The van der Waals surface area contributed by atoms with Crippen LogP contribution in [-0.4, -0.2) is 34.1 Å². The molecule has 8 heteroatoms. The Bertz CT molecular complexity index is 986. The second-order valence-electron chi connectivity index (χ2n) is 6.92. The van der Waals surface area contributed by atoms with Crippen LogP contribution in [0.25, 0.3) is 0 Å². The molecule has 0 bridgehead atoms. The van der Waals surface area contributed by atoms with Crippen LogP contribution in [0, 0.1) is 6.92 Å². The van der Waals surface area contributed by atoms with E-state index in [4.69, 9.17) is 4.74 Å². The number of amides is 2. The molecule has 3 rings (SSSR count). The first-order valence-corrected chi connectivity index (χ1v) is 9.60. The Morgan fingerprint density at radius 3 is 2.30 bits per heavy atom. The lowest BCUT2D eigenvalue weighted by Crippen LogP contribution is -2.35. The normalized spacial score (nSPS) is 12.6. The van der Waals surface area contributed by atoms with Gasteiger partial charge in [0.1, 0.15) is 17.6 Å². The number of hydrogen-bond donors (Lipinski definition) is 3. The molecule has 2 amide bonds. The van der Waals surface area contributed by atoms with Crippen molar-refractivity contribution in [1.82, 2.24) is 25.8 Å². The fourth-order valence-electron chi connectivity index (χ4n) is 3.17. The molecule has 1 aromatic heterocycles. The maximum atomic E-state index is 12.9. The van der Waals surface area contributed by atoms with Gasteiger partial charge in [-0.2, -0.15) is 5.10 Å². The Morgan fingerprint density at radius 2 is 1.73 bits per heavy atom. The number of nitrogens with zero attached hydrogens (tertiary/aromatic N) is 2. The molecule has 0 saturated carbocycles. The van der Waals surface area contributed by atoms with Crippen molar-refractivity contribution in [2.24, 2.45) is 0 Å². The molecule has 156 valence electrons. The molecule has 0 saturated heterocycles. The van der Waals surface area contributed by atoms with Gasteiger partial charge in [0.2, 0.25) is 11.8 Å². The molecule has 1 heterocycles. The van der Waals surface area contributed by atoms with E-state index in [1.165, 1.54) is 6.92 Å². The van der Waals surface area contributed by atoms with Crippen molar-refractivity contribution in [3.63, 3.8) is 0 Å². The number of nitrogens with one attached hydrogen (secondary N) is 3. The minimum absolute atomic E-state index is 0.0681. The summed E-state index contributed by atoms with van der Waals surface area (Å²) in [6.45, 7) is 3.23. The maximum absolute atomic E-state index is 12.9. The summed E-state index contributed by atoms with van der Waals surface area (Å²) < 4.78 is 5.18. The molecule has 2 unspecified atom stereocenters. The maximum Gasteiger partial charge on any atom is 0.223 e. The second-order valence-corrected chi connectivity index (χ2v) is 6.92. The number of carbonyl (C=O) groups excluding carboxylic acids is 2. The zero-order valence-corrected chi connectivity index (χ0v) is 17.2. The Balaban J connectivity index is 1.80. The first-order chi connectivity index (χ1) is 14.5. The molecule has 0 fully saturated rings. The smallest absolute Gasteiger partial charge is 0.223 e. The van der Waals surface area contributed by atoms with E-state index in [0.717, 1.165) is 11.1 Å². The van der Waals surface area contributed by atoms with E-state index in [-0.39, 0.29) is 18.2 Å². The van der Waals surface area contributed by atoms with Crippen molar-refractivity contribution >= 4 is 11.8 Å². The predicted octanol–water partition coefficient (Wildman–Crippen LogP) is 2.59. The van der Waals surface area contributed by atoms with E-state index in [2.05, 4.69) is 25.8 Å². The van der Waals surface area contributed by atoms with Crippen LogP contribution < -0.4 is 15.4 Å². The molecule has 0 aliphatic carbocycles. The van der Waals surface area contributed by atoms with E-state index in [9.17, 15) is 9.59 Å². The molecule has 0 aliphatic heterocycles. The molecule has 3 aromatic rings. The third-order valence-corrected chi connectivity index (χ3v) is 4.60. The fraction of sp³-hybridized carbons (Fsp3) is 0.273. The third kappa shape index (κ3) is 5.44. The first kappa shape index (κ1) is 21.0. The summed E-state index contributed by atoms with van der Waals surface area (Å²) >= 11 is 0. The van der Waals surface area contributed by atoms with Crippen LogP contribution in [0.15, 0.2) is 54.6 Å². The molecule has 0 radical (unpaired) electrons. The van der Waals surface area contributed by atoms with E-state index in [0.29, 0.717) is 17.4 Å². The van der Waals surface area contributed by atoms with E-state index in [1.54, 1.807) is 26.2 Å². The first-order valence-electron chi connectivity index (χ1n) is 9.60. The topological polar surface area (TPSA) is 109 Å². The number of hydrogen-bond acceptors (Lipinski definition) is 5. The number of rotatable bonds is 8. The number of benzene rings is 2. The van der Waals surface area contributed by atoms with E-state index in [1.807, 2.05) is 42.5 Å². The quantitative estimate of drug-likeness (QED) is 0.532. The summed E-state index contributed by atoms with van der Waals surface area (Å²) in [5, 5.41) is 12.9. The van der Waals surface area contributed by atoms with Gasteiger partial charge in [0, 0.05) is 6.92 Å². The van der Waals surface area contributed by atoms with Crippen molar-refractivity contribution in [3.8, 4) is 5.75 Å². The zero-order chi connectivity index (χ0) is 21.5. The lowest BCUT2D eigenvalue weighted by Gasteiger charge is -2.21. The Hall–Kier alpha value is -3.68. The average Bonchev–Trinajstić information content (AvgIpc) is 3.18. The monoisotopic (exact) mass is 407 g/mol. The Kier molecular flexibility index (Phi) is 6.79. The molecule has 0 aliphatic rings. The molecule has 2 aromatic carbocycles. The minimum Gasteiger partial charge on any atom is -0.497 e. The molecule has 2 atom stereocenters. The molecule has 0 spiro atoms. The molecule has 3 N–H and O–H groups in total. The highest BCUT2D eigenvalue weighted by Crippen LogP contribution is 2.23. The van der Waals surface area contributed by atoms with Crippen molar-refractivity contribution in [3.05, 3.63) is 77.4 Å². The molecular weight excluding hydrogens is 382 g/mol. The number of ether oxygens (including phenoxy) is 1. The van der Waals surface area contributed by atoms with Gasteiger partial charge in [0.05, 0.1) is 19.6 Å². The Labute approximate surface area is 175 Å². The van der Waals surface area contributed by atoms with Crippen LogP contribution >= 0.6 is 0 Å². The van der Waals surface area contributed by atoms with Gasteiger partial charge >= 0.3 is 0 Å². The van der Waals surface area contributed by atoms with Gasteiger partial charge in [-0.15, -0.1) is 0 Å². The highest BCUT2D eigenvalue weighted by atomic mass is 16.5. The average molecular weight is 407 g/mol. The van der Waals surface area contributed by atoms with Gasteiger partial charge in [0.15, 0.2) is 5.82 Å². The molecular formula is C22H25N5O3. The summed E-state index contributed by atoms with van der Waals surface area (Å²) in [6.07, 6.45) is 0.0681. The lowest BCUT2D eigenvalue weighted by molar-refractivity contribution is -0.123.